The highest BCUT2D eigenvalue weighted by atomic mass is 32.1. The van der Waals surface area contributed by atoms with E-state index in [1.807, 2.05) is 12.3 Å². The van der Waals surface area contributed by atoms with Gasteiger partial charge < -0.3 is 10.8 Å². The molecule has 0 saturated carbocycles. The van der Waals surface area contributed by atoms with Crippen LogP contribution in [0.25, 0.3) is 0 Å². The number of rotatable bonds is 2. The Hall–Kier alpha value is -0.870. The monoisotopic (exact) mass is 171 g/mol. The molecule has 0 radical (unpaired) electrons. The predicted octanol–water partition coefficient (Wildman–Crippen LogP) is 1.14. The summed E-state index contributed by atoms with van der Waals surface area (Å²) in [4.78, 5) is 11.1. The minimum absolute atomic E-state index is 0.704. The van der Waals surface area contributed by atoms with Crippen LogP contribution >= 0.6 is 11.3 Å². The Balaban J connectivity index is 2.84. The smallest absolute Gasteiger partial charge is 0.325 e. The zero-order chi connectivity index (χ0) is 8.43. The minimum atomic E-state index is -0.980. The first-order valence-corrected chi connectivity index (χ1v) is 4.02. The highest BCUT2D eigenvalue weighted by Gasteiger charge is 2.15. The van der Waals surface area contributed by atoms with Crippen molar-refractivity contribution < 1.29 is 9.90 Å². The van der Waals surface area contributed by atoms with E-state index in [1.165, 1.54) is 11.3 Å². The van der Waals surface area contributed by atoms with Gasteiger partial charge >= 0.3 is 5.97 Å². The number of aryl methyl sites for hydroxylation is 1. The lowest BCUT2D eigenvalue weighted by Gasteiger charge is -2.00. The molecule has 3 nitrogen and oxygen atoms in total. The van der Waals surface area contributed by atoms with Gasteiger partial charge in [-0.15, -0.1) is 11.3 Å². The van der Waals surface area contributed by atoms with Crippen LogP contribution in [0, 0.1) is 6.92 Å². The van der Waals surface area contributed by atoms with Crippen molar-refractivity contribution in [2.45, 2.75) is 13.0 Å². The molecule has 0 aliphatic heterocycles. The molecule has 1 atom stereocenters. The number of hydrogen-bond acceptors (Lipinski definition) is 3. The zero-order valence-electron chi connectivity index (χ0n) is 6.07. The van der Waals surface area contributed by atoms with E-state index in [4.69, 9.17) is 10.8 Å². The summed E-state index contributed by atoms with van der Waals surface area (Å²) >= 11 is 1.38. The number of carbonyl (C=O) groups is 1. The van der Waals surface area contributed by atoms with E-state index in [0.717, 1.165) is 5.56 Å². The minimum Gasteiger partial charge on any atom is -0.480 e. The third-order valence-corrected chi connectivity index (χ3v) is 2.46. The molecule has 1 aromatic rings. The van der Waals surface area contributed by atoms with Crippen molar-refractivity contribution in [2.24, 2.45) is 5.73 Å². The second-order valence-electron chi connectivity index (χ2n) is 2.34. The number of carboxylic acids is 1. The fraction of sp³-hybridized carbons (Fsp3) is 0.286. The topological polar surface area (TPSA) is 63.3 Å². The second kappa shape index (κ2) is 3.02. The Labute approximate surface area is 68.5 Å². The maximum absolute atomic E-state index is 10.4. The number of nitrogens with two attached hydrogens (primary N) is 1. The quantitative estimate of drug-likeness (QED) is 0.701. The lowest BCUT2D eigenvalue weighted by atomic mass is 10.2. The van der Waals surface area contributed by atoms with Crippen molar-refractivity contribution in [1.29, 1.82) is 0 Å². The number of carboxylic acid groups (broad SMARTS) is 1. The van der Waals surface area contributed by atoms with Gasteiger partial charge in [0.05, 0.1) is 0 Å². The molecule has 11 heavy (non-hydrogen) atoms. The lowest BCUT2D eigenvalue weighted by molar-refractivity contribution is -0.138. The molecule has 0 fully saturated rings. The molecule has 0 aliphatic rings. The van der Waals surface area contributed by atoms with Crippen LogP contribution in [-0.4, -0.2) is 11.1 Å². The zero-order valence-corrected chi connectivity index (χ0v) is 6.89. The van der Waals surface area contributed by atoms with E-state index in [2.05, 4.69) is 0 Å². The first kappa shape index (κ1) is 8.23. The van der Waals surface area contributed by atoms with Crippen LogP contribution in [-0.2, 0) is 4.79 Å². The van der Waals surface area contributed by atoms with Crippen molar-refractivity contribution in [2.75, 3.05) is 0 Å². The summed E-state index contributed by atoms with van der Waals surface area (Å²) in [5.41, 5.74) is 6.42. The standard InChI is InChI=1S/C7H9NO2S/c1-4-2-5(11-3-4)6(8)7(9)10/h2-3,6H,8H2,1H3,(H,9,10). The molecule has 4 heteroatoms. The van der Waals surface area contributed by atoms with Crippen LogP contribution in [0.3, 0.4) is 0 Å². The Morgan fingerprint density at radius 2 is 2.45 bits per heavy atom. The summed E-state index contributed by atoms with van der Waals surface area (Å²) < 4.78 is 0. The van der Waals surface area contributed by atoms with Gasteiger partial charge in [0.1, 0.15) is 6.04 Å². The molecular formula is C7H9NO2S. The molecular weight excluding hydrogens is 162 g/mol. The lowest BCUT2D eigenvalue weighted by Crippen LogP contribution is -2.19. The summed E-state index contributed by atoms with van der Waals surface area (Å²) in [7, 11) is 0. The van der Waals surface area contributed by atoms with E-state index in [9.17, 15) is 4.79 Å². The Morgan fingerprint density at radius 1 is 1.82 bits per heavy atom. The fourth-order valence-corrected chi connectivity index (χ4v) is 1.63. The molecule has 1 aromatic heterocycles. The van der Waals surface area contributed by atoms with Gasteiger partial charge in [-0.3, -0.25) is 4.79 Å². The van der Waals surface area contributed by atoms with E-state index in [-0.39, 0.29) is 0 Å². The van der Waals surface area contributed by atoms with Crippen molar-refractivity contribution in [1.82, 2.24) is 0 Å². The molecule has 1 rings (SSSR count). The molecule has 0 spiro atoms. The average molecular weight is 171 g/mol. The molecule has 1 heterocycles. The van der Waals surface area contributed by atoms with Gasteiger partial charge in [0.25, 0.3) is 0 Å². The molecule has 0 saturated heterocycles. The van der Waals surface area contributed by atoms with Crippen molar-refractivity contribution in [3.05, 3.63) is 21.9 Å². The molecule has 3 N–H and O–H groups in total. The average Bonchev–Trinajstić information content (AvgIpc) is 2.34. The molecule has 0 aromatic carbocycles. The maximum Gasteiger partial charge on any atom is 0.325 e. The van der Waals surface area contributed by atoms with Crippen molar-refractivity contribution >= 4 is 17.3 Å². The van der Waals surface area contributed by atoms with Crippen molar-refractivity contribution in [3.63, 3.8) is 0 Å². The van der Waals surface area contributed by atoms with Crippen LogP contribution in [0.2, 0.25) is 0 Å². The Bertz CT molecular complexity index is 269. The summed E-state index contributed by atoms with van der Waals surface area (Å²) in [6, 6.07) is 0.928. The Kier molecular flexibility index (Phi) is 2.26. The van der Waals surface area contributed by atoms with E-state index in [0.29, 0.717) is 4.88 Å². The molecule has 0 bridgehead atoms. The van der Waals surface area contributed by atoms with E-state index < -0.39 is 12.0 Å². The summed E-state index contributed by atoms with van der Waals surface area (Å²) in [6.45, 7) is 1.91. The molecule has 1 unspecified atom stereocenters. The fourth-order valence-electron chi connectivity index (χ4n) is 0.738. The van der Waals surface area contributed by atoms with Gasteiger partial charge in [-0.2, -0.15) is 0 Å². The normalized spacial score (nSPS) is 12.9. The molecule has 0 amide bonds. The maximum atomic E-state index is 10.4. The second-order valence-corrected chi connectivity index (χ2v) is 3.29. The Morgan fingerprint density at radius 3 is 2.82 bits per heavy atom. The van der Waals surface area contributed by atoms with Crippen LogP contribution in [0.4, 0.5) is 0 Å². The highest BCUT2D eigenvalue weighted by Crippen LogP contribution is 2.19. The highest BCUT2D eigenvalue weighted by molar-refractivity contribution is 7.10. The largest absolute Gasteiger partial charge is 0.480 e. The molecule has 60 valence electrons. The van der Waals surface area contributed by atoms with E-state index in [1.54, 1.807) is 6.07 Å². The van der Waals surface area contributed by atoms with Crippen molar-refractivity contribution in [3.8, 4) is 0 Å². The number of aliphatic carboxylic acids is 1. The molecule has 0 aliphatic carbocycles. The van der Waals surface area contributed by atoms with Crippen LogP contribution in [0.5, 0.6) is 0 Å². The van der Waals surface area contributed by atoms with Crippen LogP contribution in [0.1, 0.15) is 16.5 Å². The van der Waals surface area contributed by atoms with Gasteiger partial charge in [0.2, 0.25) is 0 Å². The summed E-state index contributed by atoms with van der Waals surface area (Å²) in [5, 5.41) is 10.4. The predicted molar refractivity (Wildman–Crippen MR) is 43.6 cm³/mol. The van der Waals surface area contributed by atoms with Crippen LogP contribution in [0.15, 0.2) is 11.4 Å². The number of thiophene rings is 1. The summed E-state index contributed by atoms with van der Waals surface area (Å²) in [5.74, 6) is -0.980. The van der Waals surface area contributed by atoms with Gasteiger partial charge in [-0.1, -0.05) is 0 Å². The van der Waals surface area contributed by atoms with Gasteiger partial charge in [0, 0.05) is 4.88 Å². The first-order chi connectivity index (χ1) is 5.11. The van der Waals surface area contributed by atoms with Gasteiger partial charge in [0.15, 0.2) is 0 Å². The number of hydrogen-bond donors (Lipinski definition) is 2. The first-order valence-electron chi connectivity index (χ1n) is 3.14. The SMILES string of the molecule is Cc1csc(C(N)C(=O)O)c1. The third kappa shape index (κ3) is 1.78. The third-order valence-electron chi connectivity index (χ3n) is 1.32. The van der Waals surface area contributed by atoms with Gasteiger partial charge in [-0.05, 0) is 23.9 Å². The summed E-state index contributed by atoms with van der Waals surface area (Å²) in [6.07, 6.45) is 0. The van der Waals surface area contributed by atoms with Gasteiger partial charge in [-0.25, -0.2) is 0 Å². The van der Waals surface area contributed by atoms with E-state index >= 15 is 0 Å². The van der Waals surface area contributed by atoms with Crippen LogP contribution < -0.4 is 5.73 Å².